The van der Waals surface area contributed by atoms with Crippen molar-refractivity contribution >= 4 is 33.4 Å². The number of amides is 1. The molecule has 3 heterocycles. The first-order valence-corrected chi connectivity index (χ1v) is 13.9. The second kappa shape index (κ2) is 12.4. The number of carbonyl (C=O) groups is 2. The monoisotopic (exact) mass is 586 g/mol. The minimum absolute atomic E-state index is 0.0307. The molecule has 2 fully saturated rings. The molecule has 218 valence electrons. The van der Waals surface area contributed by atoms with Gasteiger partial charge in [0.25, 0.3) is 5.91 Å². The van der Waals surface area contributed by atoms with Crippen LogP contribution in [0.5, 0.6) is 5.75 Å². The van der Waals surface area contributed by atoms with Gasteiger partial charge >= 0.3 is 12.1 Å². The third-order valence-electron chi connectivity index (χ3n) is 6.63. The Labute approximate surface area is 229 Å². The zero-order valence-corrected chi connectivity index (χ0v) is 22.5. The summed E-state index contributed by atoms with van der Waals surface area (Å²) in [5.41, 5.74) is -0.730. The fraction of sp³-hybridized carbons (Fsp3) is 0.480. The van der Waals surface area contributed by atoms with E-state index in [1.54, 1.807) is 4.90 Å². The maximum absolute atomic E-state index is 13.0. The maximum atomic E-state index is 13.0. The van der Waals surface area contributed by atoms with Gasteiger partial charge in [0.05, 0.1) is 42.4 Å². The van der Waals surface area contributed by atoms with E-state index in [2.05, 4.69) is 10.3 Å². The van der Waals surface area contributed by atoms with Crippen LogP contribution in [0.3, 0.4) is 0 Å². The van der Waals surface area contributed by atoms with E-state index in [0.717, 1.165) is 12.3 Å². The third kappa shape index (κ3) is 7.01. The van der Waals surface area contributed by atoms with Crippen LogP contribution >= 0.6 is 0 Å². The lowest BCUT2D eigenvalue weighted by atomic mass is 9.97. The van der Waals surface area contributed by atoms with Crippen molar-refractivity contribution in [1.82, 2.24) is 9.29 Å². The number of hydrogen-bond donors (Lipinski definition) is 1. The average Bonchev–Trinajstić information content (AvgIpc) is 2.96. The lowest BCUT2D eigenvalue weighted by Gasteiger charge is -2.31. The molecule has 2 aromatic rings. The summed E-state index contributed by atoms with van der Waals surface area (Å²) < 4.78 is 81.2. The van der Waals surface area contributed by atoms with Crippen LogP contribution in [0.2, 0.25) is 0 Å². The summed E-state index contributed by atoms with van der Waals surface area (Å²) in [6.07, 6.45) is -2.95. The number of piperidine rings is 1. The van der Waals surface area contributed by atoms with Crippen molar-refractivity contribution < 1.29 is 45.4 Å². The number of hydrogen-bond acceptors (Lipinski definition) is 9. The molecule has 0 aliphatic carbocycles. The summed E-state index contributed by atoms with van der Waals surface area (Å²) in [5.74, 6) is -1.14. The van der Waals surface area contributed by atoms with E-state index >= 15 is 0 Å². The quantitative estimate of drug-likeness (QED) is 0.464. The van der Waals surface area contributed by atoms with E-state index in [0.29, 0.717) is 31.7 Å². The number of morpholine rings is 1. The molecular weight excluding hydrogens is 557 g/mol. The number of nitrogens with zero attached hydrogens (tertiary/aromatic N) is 3. The Kier molecular flexibility index (Phi) is 9.15. The lowest BCUT2D eigenvalue weighted by molar-refractivity contribution is -0.152. The van der Waals surface area contributed by atoms with Crippen molar-refractivity contribution in [3.05, 3.63) is 42.1 Å². The Morgan fingerprint density at radius 2 is 1.80 bits per heavy atom. The first kappa shape index (κ1) is 29.6. The summed E-state index contributed by atoms with van der Waals surface area (Å²) >= 11 is 0. The van der Waals surface area contributed by atoms with Crippen LogP contribution in [0.1, 0.15) is 18.4 Å². The fourth-order valence-electron chi connectivity index (χ4n) is 4.41. The predicted molar refractivity (Wildman–Crippen MR) is 136 cm³/mol. The van der Waals surface area contributed by atoms with Gasteiger partial charge in [0.2, 0.25) is 10.0 Å². The van der Waals surface area contributed by atoms with Crippen molar-refractivity contribution in [2.45, 2.75) is 23.9 Å². The van der Waals surface area contributed by atoms with Gasteiger partial charge < -0.3 is 24.4 Å². The predicted octanol–water partition coefficient (Wildman–Crippen LogP) is 2.53. The van der Waals surface area contributed by atoms with Crippen molar-refractivity contribution in [3.63, 3.8) is 0 Å². The molecule has 2 saturated heterocycles. The van der Waals surface area contributed by atoms with E-state index in [1.807, 2.05) is 0 Å². The Morgan fingerprint density at radius 1 is 1.10 bits per heavy atom. The fourth-order valence-corrected chi connectivity index (χ4v) is 5.84. The molecule has 1 amide bonds. The summed E-state index contributed by atoms with van der Waals surface area (Å²) in [7, 11) is -2.45. The number of nitrogens with one attached hydrogen (secondary N) is 1. The average molecular weight is 587 g/mol. The molecule has 4 rings (SSSR count). The molecule has 1 aromatic carbocycles. The van der Waals surface area contributed by atoms with E-state index in [4.69, 9.17) is 14.2 Å². The standard InChI is InChI=1S/C25H29F3N4O7S/c1-37-21-4-3-19(40(35,36)32-10-12-38-13-11-32)14-20(21)30-23(33)16-39-24(34)17-6-8-31(9-7-17)22-5-2-18(15-29-22)25(26,27)28/h2-5,14-15,17H,6-13,16H2,1H3,(H,30,33). The van der Waals surface area contributed by atoms with Crippen LogP contribution in [-0.4, -0.2) is 82.7 Å². The molecule has 0 unspecified atom stereocenters. The summed E-state index contributed by atoms with van der Waals surface area (Å²) in [4.78, 5) is 30.7. The van der Waals surface area contributed by atoms with Crippen molar-refractivity contribution in [2.75, 3.05) is 63.3 Å². The molecule has 1 N–H and O–H groups in total. The first-order chi connectivity index (χ1) is 19.0. The van der Waals surface area contributed by atoms with Crippen LogP contribution in [0.25, 0.3) is 0 Å². The Hall–Kier alpha value is -3.43. The van der Waals surface area contributed by atoms with E-state index in [9.17, 15) is 31.2 Å². The van der Waals surface area contributed by atoms with E-state index in [1.165, 1.54) is 35.7 Å². The number of alkyl halides is 3. The second-order valence-corrected chi connectivity index (χ2v) is 11.1. The summed E-state index contributed by atoms with van der Waals surface area (Å²) in [5, 5.41) is 2.53. The number of halogens is 3. The molecule has 0 bridgehead atoms. The van der Waals surface area contributed by atoms with Crippen molar-refractivity contribution in [3.8, 4) is 5.75 Å². The number of sulfonamides is 1. The highest BCUT2D eigenvalue weighted by Gasteiger charge is 2.32. The number of ether oxygens (including phenoxy) is 3. The highest BCUT2D eigenvalue weighted by Crippen LogP contribution is 2.31. The van der Waals surface area contributed by atoms with E-state index in [-0.39, 0.29) is 42.6 Å². The number of rotatable bonds is 8. The van der Waals surface area contributed by atoms with Crippen LogP contribution in [0.4, 0.5) is 24.7 Å². The van der Waals surface area contributed by atoms with Crippen LogP contribution in [0.15, 0.2) is 41.4 Å². The lowest BCUT2D eigenvalue weighted by Crippen LogP contribution is -2.40. The number of anilines is 2. The topological polar surface area (TPSA) is 127 Å². The van der Waals surface area contributed by atoms with Gasteiger partial charge in [0, 0.05) is 32.4 Å². The molecule has 0 radical (unpaired) electrons. The Balaban J connectivity index is 1.29. The molecule has 40 heavy (non-hydrogen) atoms. The molecule has 11 nitrogen and oxygen atoms in total. The molecule has 15 heteroatoms. The highest BCUT2D eigenvalue weighted by molar-refractivity contribution is 7.89. The minimum Gasteiger partial charge on any atom is -0.495 e. The molecule has 0 spiro atoms. The van der Waals surface area contributed by atoms with Crippen molar-refractivity contribution in [1.29, 1.82) is 0 Å². The van der Waals surface area contributed by atoms with Crippen molar-refractivity contribution in [2.24, 2.45) is 5.92 Å². The Morgan fingerprint density at radius 3 is 2.40 bits per heavy atom. The number of esters is 1. The van der Waals surface area contributed by atoms with Gasteiger partial charge in [-0.2, -0.15) is 17.5 Å². The second-order valence-electron chi connectivity index (χ2n) is 9.20. The number of pyridine rings is 1. The van der Waals surface area contributed by atoms with Gasteiger partial charge in [0.1, 0.15) is 11.6 Å². The first-order valence-electron chi connectivity index (χ1n) is 12.5. The molecule has 1 aromatic heterocycles. The van der Waals surface area contributed by atoms with Gasteiger partial charge in [-0.1, -0.05) is 0 Å². The summed E-state index contributed by atoms with van der Waals surface area (Å²) in [6, 6.07) is 6.35. The number of methoxy groups -OCH3 is 1. The smallest absolute Gasteiger partial charge is 0.417 e. The molecule has 0 atom stereocenters. The van der Waals surface area contributed by atoms with Gasteiger partial charge in [-0.05, 0) is 43.2 Å². The van der Waals surface area contributed by atoms with Crippen LogP contribution < -0.4 is 15.0 Å². The minimum atomic E-state index is -4.47. The van der Waals surface area contributed by atoms with Crippen LogP contribution in [0, 0.1) is 5.92 Å². The molecule has 2 aliphatic rings. The van der Waals surface area contributed by atoms with E-state index < -0.39 is 46.2 Å². The van der Waals surface area contributed by atoms with Gasteiger partial charge in [0.15, 0.2) is 6.61 Å². The number of carbonyl (C=O) groups excluding carboxylic acids is 2. The molecule has 0 saturated carbocycles. The van der Waals surface area contributed by atoms with Crippen LogP contribution in [-0.2, 0) is 35.3 Å². The summed E-state index contributed by atoms with van der Waals surface area (Å²) in [6.45, 7) is 1.17. The van der Waals surface area contributed by atoms with Gasteiger partial charge in [-0.3, -0.25) is 9.59 Å². The SMILES string of the molecule is COc1ccc(S(=O)(=O)N2CCOCC2)cc1NC(=O)COC(=O)C1CCN(c2ccc(C(F)(F)F)cn2)CC1. The molecule has 2 aliphatic heterocycles. The maximum Gasteiger partial charge on any atom is 0.417 e. The zero-order valence-electron chi connectivity index (χ0n) is 21.6. The Bertz CT molecular complexity index is 1310. The molecular formula is C25H29F3N4O7S. The van der Waals surface area contributed by atoms with Gasteiger partial charge in [-0.15, -0.1) is 0 Å². The normalized spacial score (nSPS) is 17.4. The zero-order chi connectivity index (χ0) is 28.9. The largest absolute Gasteiger partial charge is 0.495 e. The third-order valence-corrected chi connectivity index (χ3v) is 8.52. The van der Waals surface area contributed by atoms with Gasteiger partial charge in [-0.25, -0.2) is 13.4 Å². The number of aromatic nitrogens is 1. The highest BCUT2D eigenvalue weighted by atomic mass is 32.2. The number of benzene rings is 1.